The van der Waals surface area contributed by atoms with Gasteiger partial charge in [0.1, 0.15) is 18.1 Å². The van der Waals surface area contributed by atoms with Gasteiger partial charge in [0.2, 0.25) is 0 Å². The first-order valence-electron chi connectivity index (χ1n) is 6.92. The number of rotatable bonds is 4. The average Bonchev–Trinajstić information content (AvgIpc) is 2.85. The second kappa shape index (κ2) is 5.37. The molecule has 3 nitrogen and oxygen atoms in total. The summed E-state index contributed by atoms with van der Waals surface area (Å²) in [5.41, 5.74) is 3.39. The molecule has 0 atom stereocenters. The lowest BCUT2D eigenvalue weighted by molar-refractivity contribution is 0.301. The van der Waals surface area contributed by atoms with Gasteiger partial charge in [-0.05, 0) is 32.0 Å². The lowest BCUT2D eigenvalue weighted by Gasteiger charge is -2.04. The van der Waals surface area contributed by atoms with Gasteiger partial charge >= 0.3 is 0 Å². The van der Waals surface area contributed by atoms with Crippen LogP contribution in [0.25, 0.3) is 10.9 Å². The van der Waals surface area contributed by atoms with Crippen molar-refractivity contribution in [3.05, 3.63) is 59.8 Å². The molecule has 102 valence electrons. The molecule has 0 aliphatic carbocycles. The van der Waals surface area contributed by atoms with E-state index in [2.05, 4.69) is 43.2 Å². The van der Waals surface area contributed by atoms with Crippen LogP contribution in [0.1, 0.15) is 18.2 Å². The van der Waals surface area contributed by atoms with E-state index in [1.165, 1.54) is 10.9 Å². The SMILES string of the molecule is CCn1nc(COc2ccc(C)cc2)c2ccccc21. The highest BCUT2D eigenvalue weighted by Crippen LogP contribution is 2.20. The molecule has 0 unspecified atom stereocenters. The van der Waals surface area contributed by atoms with E-state index >= 15 is 0 Å². The van der Waals surface area contributed by atoms with E-state index in [1.54, 1.807) is 0 Å². The molecule has 0 saturated heterocycles. The summed E-state index contributed by atoms with van der Waals surface area (Å²) in [7, 11) is 0. The van der Waals surface area contributed by atoms with E-state index < -0.39 is 0 Å². The molecule has 1 heterocycles. The molecule has 0 radical (unpaired) electrons. The zero-order chi connectivity index (χ0) is 13.9. The van der Waals surface area contributed by atoms with Gasteiger partial charge in [0.25, 0.3) is 0 Å². The highest BCUT2D eigenvalue weighted by molar-refractivity contribution is 5.81. The topological polar surface area (TPSA) is 27.1 Å². The van der Waals surface area contributed by atoms with Crippen LogP contribution in [0.15, 0.2) is 48.5 Å². The highest BCUT2D eigenvalue weighted by atomic mass is 16.5. The van der Waals surface area contributed by atoms with E-state index in [0.717, 1.165) is 23.5 Å². The Kier molecular flexibility index (Phi) is 3.42. The minimum absolute atomic E-state index is 0.497. The molecule has 0 aliphatic rings. The minimum Gasteiger partial charge on any atom is -0.487 e. The maximum absolute atomic E-state index is 5.84. The van der Waals surface area contributed by atoms with Gasteiger partial charge in [-0.3, -0.25) is 4.68 Å². The van der Waals surface area contributed by atoms with Crippen LogP contribution in [-0.2, 0) is 13.2 Å². The standard InChI is InChI=1S/C17H18N2O/c1-3-19-17-7-5-4-6-15(17)16(18-19)12-20-14-10-8-13(2)9-11-14/h4-11H,3,12H2,1-2H3. The van der Waals surface area contributed by atoms with Crippen LogP contribution in [0.2, 0.25) is 0 Å². The number of fused-ring (bicyclic) bond motifs is 1. The van der Waals surface area contributed by atoms with Crippen LogP contribution >= 0.6 is 0 Å². The summed E-state index contributed by atoms with van der Waals surface area (Å²) < 4.78 is 7.85. The third-order valence-corrected chi connectivity index (χ3v) is 3.43. The second-order valence-electron chi connectivity index (χ2n) is 4.88. The molecular formula is C17H18N2O. The van der Waals surface area contributed by atoms with Gasteiger partial charge in [0, 0.05) is 11.9 Å². The predicted octanol–water partition coefficient (Wildman–Crippen LogP) is 3.94. The smallest absolute Gasteiger partial charge is 0.133 e. The lowest BCUT2D eigenvalue weighted by Crippen LogP contribution is -2.00. The summed E-state index contributed by atoms with van der Waals surface area (Å²) in [6.07, 6.45) is 0. The van der Waals surface area contributed by atoms with Gasteiger partial charge in [0.15, 0.2) is 0 Å². The third-order valence-electron chi connectivity index (χ3n) is 3.43. The Morgan fingerprint density at radius 2 is 1.80 bits per heavy atom. The lowest BCUT2D eigenvalue weighted by atomic mass is 10.2. The minimum atomic E-state index is 0.497. The number of benzene rings is 2. The van der Waals surface area contributed by atoms with Crippen molar-refractivity contribution in [1.82, 2.24) is 9.78 Å². The summed E-state index contributed by atoms with van der Waals surface area (Å²) in [6, 6.07) is 16.4. The van der Waals surface area contributed by atoms with Crippen molar-refractivity contribution in [3.8, 4) is 5.75 Å². The molecule has 3 aromatic rings. The van der Waals surface area contributed by atoms with Gasteiger partial charge in [-0.1, -0.05) is 35.9 Å². The van der Waals surface area contributed by atoms with Crippen LogP contribution in [-0.4, -0.2) is 9.78 Å². The molecule has 0 saturated carbocycles. The van der Waals surface area contributed by atoms with Gasteiger partial charge < -0.3 is 4.74 Å². The summed E-state index contributed by atoms with van der Waals surface area (Å²) in [5.74, 6) is 0.880. The molecule has 1 aromatic heterocycles. The van der Waals surface area contributed by atoms with Crippen LogP contribution in [0, 0.1) is 6.92 Å². The number of hydrogen-bond acceptors (Lipinski definition) is 2. The number of ether oxygens (including phenoxy) is 1. The molecule has 0 N–H and O–H groups in total. The largest absolute Gasteiger partial charge is 0.487 e. The summed E-state index contributed by atoms with van der Waals surface area (Å²) in [6.45, 7) is 5.53. The molecule has 20 heavy (non-hydrogen) atoms. The molecule has 0 bridgehead atoms. The van der Waals surface area contributed by atoms with Crippen LogP contribution in [0.5, 0.6) is 5.75 Å². The number of nitrogens with zero attached hydrogens (tertiary/aromatic N) is 2. The van der Waals surface area contributed by atoms with Gasteiger partial charge in [0.05, 0.1) is 5.52 Å². The van der Waals surface area contributed by atoms with Crippen LogP contribution < -0.4 is 4.74 Å². The Labute approximate surface area is 118 Å². The Hall–Kier alpha value is -2.29. The van der Waals surface area contributed by atoms with Crippen molar-refractivity contribution >= 4 is 10.9 Å². The fourth-order valence-electron chi connectivity index (χ4n) is 2.33. The molecule has 0 amide bonds. The Morgan fingerprint density at radius 3 is 2.55 bits per heavy atom. The van der Waals surface area contributed by atoms with E-state index in [4.69, 9.17) is 4.74 Å². The summed E-state index contributed by atoms with van der Waals surface area (Å²) >= 11 is 0. The second-order valence-corrected chi connectivity index (χ2v) is 4.88. The van der Waals surface area contributed by atoms with Gasteiger partial charge in [-0.15, -0.1) is 0 Å². The molecular weight excluding hydrogens is 248 g/mol. The van der Waals surface area contributed by atoms with Crippen molar-refractivity contribution in [1.29, 1.82) is 0 Å². The molecule has 3 heteroatoms. The van der Waals surface area contributed by atoms with Crippen LogP contribution in [0.4, 0.5) is 0 Å². The van der Waals surface area contributed by atoms with Crippen molar-refractivity contribution < 1.29 is 4.74 Å². The monoisotopic (exact) mass is 266 g/mol. The summed E-state index contributed by atoms with van der Waals surface area (Å²) in [4.78, 5) is 0. The fraction of sp³-hybridized carbons (Fsp3) is 0.235. The molecule has 2 aromatic carbocycles. The van der Waals surface area contributed by atoms with E-state index in [9.17, 15) is 0 Å². The number of hydrogen-bond donors (Lipinski definition) is 0. The Balaban J connectivity index is 1.85. The zero-order valence-corrected chi connectivity index (χ0v) is 11.8. The third kappa shape index (κ3) is 2.39. The zero-order valence-electron chi connectivity index (χ0n) is 11.8. The molecule has 0 aliphatic heterocycles. The van der Waals surface area contributed by atoms with Crippen molar-refractivity contribution in [2.75, 3.05) is 0 Å². The van der Waals surface area contributed by atoms with E-state index in [-0.39, 0.29) is 0 Å². The van der Waals surface area contributed by atoms with Gasteiger partial charge in [-0.2, -0.15) is 5.10 Å². The number of aryl methyl sites for hydroxylation is 2. The first kappa shape index (κ1) is 12.7. The highest BCUT2D eigenvalue weighted by Gasteiger charge is 2.09. The molecule has 0 fully saturated rings. The quantitative estimate of drug-likeness (QED) is 0.715. The number of para-hydroxylation sites is 1. The van der Waals surface area contributed by atoms with Crippen molar-refractivity contribution in [2.45, 2.75) is 27.0 Å². The maximum atomic E-state index is 5.84. The van der Waals surface area contributed by atoms with Crippen molar-refractivity contribution in [3.63, 3.8) is 0 Å². The summed E-state index contributed by atoms with van der Waals surface area (Å²) in [5, 5.41) is 5.80. The van der Waals surface area contributed by atoms with Crippen LogP contribution in [0.3, 0.4) is 0 Å². The van der Waals surface area contributed by atoms with E-state index in [1.807, 2.05) is 28.9 Å². The van der Waals surface area contributed by atoms with Crippen molar-refractivity contribution in [2.24, 2.45) is 0 Å². The Bertz CT molecular complexity index is 713. The molecule has 0 spiro atoms. The maximum Gasteiger partial charge on any atom is 0.133 e. The molecule has 3 rings (SSSR count). The fourth-order valence-corrected chi connectivity index (χ4v) is 2.33. The first-order valence-corrected chi connectivity index (χ1v) is 6.92. The normalized spacial score (nSPS) is 10.9. The Morgan fingerprint density at radius 1 is 1.05 bits per heavy atom. The number of aromatic nitrogens is 2. The predicted molar refractivity (Wildman–Crippen MR) is 80.9 cm³/mol. The van der Waals surface area contributed by atoms with E-state index in [0.29, 0.717) is 6.61 Å². The van der Waals surface area contributed by atoms with Gasteiger partial charge in [-0.25, -0.2) is 0 Å². The first-order chi connectivity index (χ1) is 9.78. The average molecular weight is 266 g/mol.